The maximum absolute atomic E-state index is 12.1. The Morgan fingerprint density at radius 1 is 1.21 bits per heavy atom. The lowest BCUT2D eigenvalue weighted by molar-refractivity contribution is -0.385. The number of nitro groups is 1. The van der Waals surface area contributed by atoms with E-state index in [1.807, 2.05) is 38.1 Å². The predicted octanol–water partition coefficient (Wildman–Crippen LogP) is 4.18. The van der Waals surface area contributed by atoms with Crippen molar-refractivity contribution in [1.29, 1.82) is 0 Å². The van der Waals surface area contributed by atoms with E-state index in [9.17, 15) is 14.9 Å². The summed E-state index contributed by atoms with van der Waals surface area (Å²) in [5.41, 5.74) is 2.58. The number of carbonyl (C=O) groups excluding carboxylic acids is 1. The number of nitro benzene ring substituents is 1. The lowest BCUT2D eigenvalue weighted by atomic mass is 10.0. The van der Waals surface area contributed by atoms with Crippen molar-refractivity contribution >= 4 is 17.7 Å². The molecule has 5 heteroatoms. The Kier molecular flexibility index (Phi) is 5.84. The molecule has 1 atom stereocenters. The molecule has 5 nitrogen and oxygen atoms in total. The lowest BCUT2D eigenvalue weighted by Gasteiger charge is -2.16. The van der Waals surface area contributed by atoms with Crippen molar-refractivity contribution in [3.63, 3.8) is 0 Å². The average molecular weight is 324 g/mol. The van der Waals surface area contributed by atoms with Crippen molar-refractivity contribution in [1.82, 2.24) is 5.32 Å². The molecule has 0 saturated heterocycles. The molecule has 24 heavy (non-hydrogen) atoms. The minimum Gasteiger partial charge on any atom is -0.346 e. The fourth-order valence-electron chi connectivity index (χ4n) is 2.40. The molecule has 0 bridgehead atoms. The van der Waals surface area contributed by atoms with Crippen LogP contribution in [-0.2, 0) is 4.79 Å². The third-order valence-corrected chi connectivity index (χ3v) is 3.75. The SMILES string of the molecule is CCC(NC(=O)C=Cc1ccccc1[N+](=O)[O-])c1ccc(C)cc1. The predicted molar refractivity (Wildman–Crippen MR) is 94.5 cm³/mol. The molecule has 0 spiro atoms. The van der Waals surface area contributed by atoms with Crippen molar-refractivity contribution in [2.75, 3.05) is 0 Å². The van der Waals surface area contributed by atoms with E-state index in [0.29, 0.717) is 5.56 Å². The molecule has 0 aromatic heterocycles. The third kappa shape index (κ3) is 4.52. The maximum atomic E-state index is 12.1. The molecule has 0 heterocycles. The van der Waals surface area contributed by atoms with Gasteiger partial charge in [0.05, 0.1) is 16.5 Å². The summed E-state index contributed by atoms with van der Waals surface area (Å²) in [6.45, 7) is 4.01. The van der Waals surface area contributed by atoms with Gasteiger partial charge in [-0.25, -0.2) is 0 Å². The molecule has 124 valence electrons. The van der Waals surface area contributed by atoms with E-state index in [-0.39, 0.29) is 17.6 Å². The van der Waals surface area contributed by atoms with E-state index in [4.69, 9.17) is 0 Å². The number of amides is 1. The smallest absolute Gasteiger partial charge is 0.276 e. The Hall–Kier alpha value is -2.95. The van der Waals surface area contributed by atoms with Crippen molar-refractivity contribution in [3.05, 3.63) is 81.4 Å². The van der Waals surface area contributed by atoms with Gasteiger partial charge in [-0.1, -0.05) is 48.9 Å². The molecule has 0 aliphatic heterocycles. The van der Waals surface area contributed by atoms with Crippen LogP contribution in [0.3, 0.4) is 0 Å². The highest BCUT2D eigenvalue weighted by molar-refractivity contribution is 5.92. The largest absolute Gasteiger partial charge is 0.346 e. The molecule has 0 aliphatic rings. The fraction of sp³-hybridized carbons (Fsp3) is 0.211. The van der Waals surface area contributed by atoms with Gasteiger partial charge in [0.15, 0.2) is 0 Å². The first-order chi connectivity index (χ1) is 11.5. The summed E-state index contributed by atoms with van der Waals surface area (Å²) in [6, 6.07) is 14.2. The zero-order valence-corrected chi connectivity index (χ0v) is 13.7. The second-order valence-electron chi connectivity index (χ2n) is 5.53. The van der Waals surface area contributed by atoms with Crippen molar-refractivity contribution < 1.29 is 9.72 Å². The Balaban J connectivity index is 2.09. The molecule has 2 aromatic carbocycles. The minimum absolute atomic E-state index is 0.0212. The molecule has 1 amide bonds. The second-order valence-corrected chi connectivity index (χ2v) is 5.53. The molecule has 1 unspecified atom stereocenters. The Bertz CT molecular complexity index is 751. The van der Waals surface area contributed by atoms with Crippen molar-refractivity contribution in [2.45, 2.75) is 26.3 Å². The highest BCUT2D eigenvalue weighted by Crippen LogP contribution is 2.20. The van der Waals surface area contributed by atoms with Gasteiger partial charge in [0.25, 0.3) is 5.69 Å². The monoisotopic (exact) mass is 324 g/mol. The molecular formula is C19H20N2O3. The summed E-state index contributed by atoms with van der Waals surface area (Å²) < 4.78 is 0. The standard InChI is InChI=1S/C19H20N2O3/c1-3-17(15-10-8-14(2)9-11-15)20-19(22)13-12-16-6-4-5-7-18(16)21(23)24/h4-13,17H,3H2,1-2H3,(H,20,22). The van der Waals surface area contributed by atoms with Gasteiger partial charge in [0, 0.05) is 12.1 Å². The van der Waals surface area contributed by atoms with Gasteiger partial charge in [-0.15, -0.1) is 0 Å². The highest BCUT2D eigenvalue weighted by Gasteiger charge is 2.12. The molecule has 0 saturated carbocycles. The van der Waals surface area contributed by atoms with E-state index >= 15 is 0 Å². The highest BCUT2D eigenvalue weighted by atomic mass is 16.6. The first-order valence-corrected chi connectivity index (χ1v) is 7.79. The Labute approximate surface area is 141 Å². The second kappa shape index (κ2) is 8.06. The van der Waals surface area contributed by atoms with E-state index in [0.717, 1.165) is 17.5 Å². The summed E-state index contributed by atoms with van der Waals surface area (Å²) in [4.78, 5) is 22.7. The quantitative estimate of drug-likeness (QED) is 0.492. The number of benzene rings is 2. The van der Waals surface area contributed by atoms with Crippen LogP contribution in [0.15, 0.2) is 54.6 Å². The first kappa shape index (κ1) is 17.4. The van der Waals surface area contributed by atoms with E-state index < -0.39 is 4.92 Å². The number of rotatable bonds is 6. The number of para-hydroxylation sites is 1. The zero-order chi connectivity index (χ0) is 17.5. The van der Waals surface area contributed by atoms with Crippen LogP contribution in [-0.4, -0.2) is 10.8 Å². The van der Waals surface area contributed by atoms with Crippen LogP contribution >= 0.6 is 0 Å². The number of hydrogen-bond acceptors (Lipinski definition) is 3. The molecule has 0 fully saturated rings. The van der Waals surface area contributed by atoms with Gasteiger partial charge in [0.1, 0.15) is 0 Å². The normalized spacial score (nSPS) is 12.1. The Morgan fingerprint density at radius 3 is 2.50 bits per heavy atom. The van der Waals surface area contributed by atoms with E-state index in [1.165, 1.54) is 18.2 Å². The van der Waals surface area contributed by atoms with Crippen LogP contribution in [0.2, 0.25) is 0 Å². The van der Waals surface area contributed by atoms with E-state index in [2.05, 4.69) is 5.32 Å². The van der Waals surface area contributed by atoms with Crippen LogP contribution in [0.1, 0.15) is 36.1 Å². The van der Waals surface area contributed by atoms with Gasteiger partial charge < -0.3 is 5.32 Å². The van der Waals surface area contributed by atoms with Crippen LogP contribution in [0, 0.1) is 17.0 Å². The summed E-state index contributed by atoms with van der Waals surface area (Å²) in [6.07, 6.45) is 3.56. The third-order valence-electron chi connectivity index (χ3n) is 3.75. The molecule has 0 radical (unpaired) electrons. The number of aryl methyl sites for hydroxylation is 1. The van der Waals surface area contributed by atoms with Gasteiger partial charge in [-0.05, 0) is 31.1 Å². The Morgan fingerprint density at radius 2 is 1.88 bits per heavy atom. The molecule has 2 aromatic rings. The van der Waals surface area contributed by atoms with Gasteiger partial charge >= 0.3 is 0 Å². The first-order valence-electron chi connectivity index (χ1n) is 7.79. The van der Waals surface area contributed by atoms with Gasteiger partial charge in [0.2, 0.25) is 5.91 Å². The summed E-state index contributed by atoms with van der Waals surface area (Å²) in [7, 11) is 0. The summed E-state index contributed by atoms with van der Waals surface area (Å²) in [5.74, 6) is -0.277. The fourth-order valence-corrected chi connectivity index (χ4v) is 2.40. The molecular weight excluding hydrogens is 304 g/mol. The van der Waals surface area contributed by atoms with Crippen molar-refractivity contribution in [3.8, 4) is 0 Å². The zero-order valence-electron chi connectivity index (χ0n) is 13.7. The van der Waals surface area contributed by atoms with Crippen LogP contribution < -0.4 is 5.32 Å². The maximum Gasteiger partial charge on any atom is 0.276 e. The topological polar surface area (TPSA) is 72.2 Å². The van der Waals surface area contributed by atoms with E-state index in [1.54, 1.807) is 18.2 Å². The number of carbonyl (C=O) groups is 1. The molecule has 0 aliphatic carbocycles. The summed E-state index contributed by atoms with van der Waals surface area (Å²) in [5, 5.41) is 13.9. The van der Waals surface area contributed by atoms with Crippen molar-refractivity contribution in [2.24, 2.45) is 0 Å². The number of nitrogens with zero attached hydrogens (tertiary/aromatic N) is 1. The van der Waals surface area contributed by atoms with Crippen LogP contribution in [0.25, 0.3) is 6.08 Å². The lowest BCUT2D eigenvalue weighted by Crippen LogP contribution is -2.26. The molecule has 1 N–H and O–H groups in total. The summed E-state index contributed by atoms with van der Waals surface area (Å²) >= 11 is 0. The van der Waals surface area contributed by atoms with Gasteiger partial charge in [-0.3, -0.25) is 14.9 Å². The van der Waals surface area contributed by atoms with Crippen LogP contribution in [0.5, 0.6) is 0 Å². The molecule has 2 rings (SSSR count). The average Bonchev–Trinajstić information content (AvgIpc) is 2.59. The minimum atomic E-state index is -0.460. The van der Waals surface area contributed by atoms with Crippen LogP contribution in [0.4, 0.5) is 5.69 Å². The number of nitrogens with one attached hydrogen (secondary N) is 1. The van der Waals surface area contributed by atoms with Gasteiger partial charge in [-0.2, -0.15) is 0 Å². The number of hydrogen-bond donors (Lipinski definition) is 1.